The first-order valence-corrected chi connectivity index (χ1v) is 7.30. The second kappa shape index (κ2) is 5.17. The summed E-state index contributed by atoms with van der Waals surface area (Å²) in [6, 6.07) is 1.89. The van der Waals surface area contributed by atoms with Crippen LogP contribution >= 0.6 is 11.3 Å². The van der Waals surface area contributed by atoms with Crippen LogP contribution in [0.15, 0.2) is 23.0 Å². The number of nitrogens with zero attached hydrogens (tertiary/aromatic N) is 1. The first-order valence-electron chi connectivity index (χ1n) is 6.48. The summed E-state index contributed by atoms with van der Waals surface area (Å²) in [6.45, 7) is 2.25. The van der Waals surface area contributed by atoms with Crippen LogP contribution < -0.4 is 0 Å². The molecule has 2 aromatic heterocycles. The highest BCUT2D eigenvalue weighted by molar-refractivity contribution is 7.15. The zero-order chi connectivity index (χ0) is 13.2. The molecule has 0 fully saturated rings. The van der Waals surface area contributed by atoms with E-state index in [9.17, 15) is 4.79 Å². The van der Waals surface area contributed by atoms with Gasteiger partial charge in [0.25, 0.3) is 0 Å². The molecule has 2 aromatic rings. The number of furan rings is 1. The summed E-state index contributed by atoms with van der Waals surface area (Å²) in [6.07, 6.45) is 6.17. The van der Waals surface area contributed by atoms with Crippen molar-refractivity contribution in [2.45, 2.75) is 32.1 Å². The Balaban J connectivity index is 1.94. The van der Waals surface area contributed by atoms with Gasteiger partial charge >= 0.3 is 5.97 Å². The molecule has 19 heavy (non-hydrogen) atoms. The van der Waals surface area contributed by atoms with Crippen molar-refractivity contribution in [1.29, 1.82) is 0 Å². The van der Waals surface area contributed by atoms with Crippen LogP contribution in [0.1, 0.15) is 36.3 Å². The molecule has 4 nitrogen and oxygen atoms in total. The molecule has 100 valence electrons. The SMILES string of the molecule is CCOC(=O)C1CCCc2sc(-c3ccoc3)nc21. The number of fused-ring (bicyclic) bond motifs is 1. The van der Waals surface area contributed by atoms with Gasteiger partial charge in [-0.3, -0.25) is 4.79 Å². The van der Waals surface area contributed by atoms with Crippen LogP contribution in [-0.2, 0) is 16.0 Å². The Bertz CT molecular complexity index is 574. The van der Waals surface area contributed by atoms with E-state index in [0.717, 1.165) is 35.5 Å². The van der Waals surface area contributed by atoms with E-state index in [2.05, 4.69) is 4.98 Å². The number of ether oxygens (including phenoxy) is 1. The fourth-order valence-electron chi connectivity index (χ4n) is 2.40. The van der Waals surface area contributed by atoms with E-state index in [0.29, 0.717) is 6.61 Å². The zero-order valence-corrected chi connectivity index (χ0v) is 11.5. The quantitative estimate of drug-likeness (QED) is 0.807. The number of carbonyl (C=O) groups is 1. The van der Waals surface area contributed by atoms with Gasteiger partial charge in [0.1, 0.15) is 17.2 Å². The highest BCUT2D eigenvalue weighted by Gasteiger charge is 2.31. The van der Waals surface area contributed by atoms with E-state index in [1.807, 2.05) is 13.0 Å². The first-order chi connectivity index (χ1) is 9.29. The summed E-state index contributed by atoms with van der Waals surface area (Å²) in [5, 5.41) is 0.926. The van der Waals surface area contributed by atoms with E-state index in [1.165, 1.54) is 4.88 Å². The van der Waals surface area contributed by atoms with Crippen LogP contribution in [0.25, 0.3) is 10.6 Å². The van der Waals surface area contributed by atoms with Crippen LogP contribution in [0.3, 0.4) is 0 Å². The number of thiazole rings is 1. The summed E-state index contributed by atoms with van der Waals surface area (Å²) < 4.78 is 10.2. The topological polar surface area (TPSA) is 52.3 Å². The Labute approximate surface area is 115 Å². The highest BCUT2D eigenvalue weighted by Crippen LogP contribution is 2.38. The zero-order valence-electron chi connectivity index (χ0n) is 10.7. The van der Waals surface area contributed by atoms with Gasteiger partial charge < -0.3 is 9.15 Å². The number of hydrogen-bond donors (Lipinski definition) is 0. The maximum absolute atomic E-state index is 12.0. The van der Waals surface area contributed by atoms with Crippen molar-refractivity contribution < 1.29 is 13.9 Å². The Morgan fingerprint density at radius 2 is 2.53 bits per heavy atom. The minimum atomic E-state index is -0.194. The van der Waals surface area contributed by atoms with Gasteiger partial charge in [-0.15, -0.1) is 11.3 Å². The van der Waals surface area contributed by atoms with Crippen molar-refractivity contribution in [3.63, 3.8) is 0 Å². The molecule has 0 aliphatic heterocycles. The smallest absolute Gasteiger partial charge is 0.315 e. The standard InChI is InChI=1S/C14H15NO3S/c1-2-18-14(16)10-4-3-5-11-12(10)15-13(19-11)9-6-7-17-8-9/h6-8,10H,2-5H2,1H3. The van der Waals surface area contributed by atoms with Gasteiger partial charge in [0, 0.05) is 10.4 Å². The Hall–Kier alpha value is -1.62. The van der Waals surface area contributed by atoms with Gasteiger partial charge in [0.05, 0.1) is 18.6 Å². The molecule has 1 aliphatic carbocycles. The first kappa shape index (κ1) is 12.4. The van der Waals surface area contributed by atoms with Gasteiger partial charge in [-0.25, -0.2) is 4.98 Å². The average Bonchev–Trinajstić information content (AvgIpc) is 3.06. The predicted molar refractivity (Wildman–Crippen MR) is 72.1 cm³/mol. The van der Waals surface area contributed by atoms with Crippen molar-refractivity contribution in [2.24, 2.45) is 0 Å². The van der Waals surface area contributed by atoms with E-state index >= 15 is 0 Å². The molecule has 1 atom stereocenters. The molecule has 1 unspecified atom stereocenters. The minimum Gasteiger partial charge on any atom is -0.472 e. The van der Waals surface area contributed by atoms with E-state index in [4.69, 9.17) is 9.15 Å². The maximum Gasteiger partial charge on any atom is 0.315 e. The molecule has 0 saturated carbocycles. The van der Waals surface area contributed by atoms with Crippen molar-refractivity contribution >= 4 is 17.3 Å². The highest BCUT2D eigenvalue weighted by atomic mass is 32.1. The fraction of sp³-hybridized carbons (Fsp3) is 0.429. The summed E-state index contributed by atoms with van der Waals surface area (Å²) in [7, 11) is 0. The maximum atomic E-state index is 12.0. The number of aromatic nitrogens is 1. The van der Waals surface area contributed by atoms with Crippen LogP contribution in [0.4, 0.5) is 0 Å². The normalized spacial score (nSPS) is 18.1. The number of esters is 1. The Morgan fingerprint density at radius 1 is 1.63 bits per heavy atom. The van der Waals surface area contributed by atoms with Crippen LogP contribution in [-0.4, -0.2) is 17.6 Å². The number of hydrogen-bond acceptors (Lipinski definition) is 5. The third kappa shape index (κ3) is 2.30. The third-order valence-corrected chi connectivity index (χ3v) is 4.47. The van der Waals surface area contributed by atoms with E-state index in [1.54, 1.807) is 23.9 Å². The molecule has 0 spiro atoms. The van der Waals surface area contributed by atoms with E-state index in [-0.39, 0.29) is 11.9 Å². The summed E-state index contributed by atoms with van der Waals surface area (Å²) in [5.41, 5.74) is 1.88. The predicted octanol–water partition coefficient (Wildman–Crippen LogP) is 3.39. The fourth-order valence-corrected chi connectivity index (χ4v) is 3.55. The molecule has 0 aromatic carbocycles. The van der Waals surface area contributed by atoms with Gasteiger partial charge in [0.15, 0.2) is 0 Å². The number of carbonyl (C=O) groups excluding carboxylic acids is 1. The van der Waals surface area contributed by atoms with Gasteiger partial charge in [-0.1, -0.05) is 0 Å². The van der Waals surface area contributed by atoms with Gasteiger partial charge in [0.2, 0.25) is 0 Å². The van der Waals surface area contributed by atoms with Gasteiger partial charge in [-0.05, 0) is 32.3 Å². The molecule has 3 rings (SSSR count). The van der Waals surface area contributed by atoms with Crippen molar-refractivity contribution in [2.75, 3.05) is 6.61 Å². The summed E-state index contributed by atoms with van der Waals surface area (Å²) >= 11 is 1.65. The second-order valence-electron chi connectivity index (χ2n) is 4.54. The molecule has 5 heteroatoms. The Kier molecular flexibility index (Phi) is 3.38. The third-order valence-electron chi connectivity index (χ3n) is 3.29. The molecular weight excluding hydrogens is 262 g/mol. The lowest BCUT2D eigenvalue weighted by atomic mass is 9.91. The number of rotatable bonds is 3. The minimum absolute atomic E-state index is 0.146. The summed E-state index contributed by atoms with van der Waals surface area (Å²) in [4.78, 5) is 17.8. The molecule has 0 amide bonds. The van der Waals surface area contributed by atoms with Crippen LogP contribution in [0.2, 0.25) is 0 Å². The van der Waals surface area contributed by atoms with Gasteiger partial charge in [-0.2, -0.15) is 0 Å². The molecule has 0 radical (unpaired) electrons. The lowest BCUT2D eigenvalue weighted by Crippen LogP contribution is -2.20. The van der Waals surface area contributed by atoms with E-state index < -0.39 is 0 Å². The lowest BCUT2D eigenvalue weighted by Gasteiger charge is -2.19. The van der Waals surface area contributed by atoms with Crippen LogP contribution in [0, 0.1) is 0 Å². The second-order valence-corrected chi connectivity index (χ2v) is 5.62. The molecule has 0 bridgehead atoms. The summed E-state index contributed by atoms with van der Waals surface area (Å²) in [5.74, 6) is -0.340. The van der Waals surface area contributed by atoms with Crippen molar-refractivity contribution in [1.82, 2.24) is 4.98 Å². The largest absolute Gasteiger partial charge is 0.472 e. The molecule has 2 heterocycles. The lowest BCUT2D eigenvalue weighted by molar-refractivity contribution is -0.145. The Morgan fingerprint density at radius 3 is 3.26 bits per heavy atom. The van der Waals surface area contributed by atoms with Crippen molar-refractivity contribution in [3.8, 4) is 10.6 Å². The monoisotopic (exact) mass is 277 g/mol. The average molecular weight is 277 g/mol. The molecule has 0 saturated heterocycles. The number of aryl methyl sites for hydroxylation is 1. The van der Waals surface area contributed by atoms with Crippen LogP contribution in [0.5, 0.6) is 0 Å². The van der Waals surface area contributed by atoms with Crippen molar-refractivity contribution in [3.05, 3.63) is 29.2 Å². The molecular formula is C14H15NO3S. The molecule has 0 N–H and O–H groups in total. The molecule has 1 aliphatic rings.